The molecule has 0 unspecified atom stereocenters. The zero-order valence-electron chi connectivity index (χ0n) is 19.0. The molecule has 33 heavy (non-hydrogen) atoms. The summed E-state index contributed by atoms with van der Waals surface area (Å²) in [6, 6.07) is 6.98. The van der Waals surface area contributed by atoms with Crippen LogP contribution in [0.2, 0.25) is 0 Å². The van der Waals surface area contributed by atoms with Gasteiger partial charge in [0.05, 0.1) is 23.4 Å². The highest BCUT2D eigenvalue weighted by Gasteiger charge is 2.22. The van der Waals surface area contributed by atoms with Gasteiger partial charge in [-0.2, -0.15) is 0 Å². The summed E-state index contributed by atoms with van der Waals surface area (Å²) in [5.74, 6) is 1.20. The summed E-state index contributed by atoms with van der Waals surface area (Å²) in [5, 5.41) is 3.00. The molecule has 0 radical (unpaired) electrons. The summed E-state index contributed by atoms with van der Waals surface area (Å²) in [6.07, 6.45) is 7.63. The minimum atomic E-state index is -0.292. The van der Waals surface area contributed by atoms with Gasteiger partial charge in [0, 0.05) is 37.1 Å². The van der Waals surface area contributed by atoms with Crippen molar-refractivity contribution < 1.29 is 9.13 Å². The first-order valence-corrected chi connectivity index (χ1v) is 12.5. The fourth-order valence-corrected chi connectivity index (χ4v) is 5.69. The second-order valence-corrected chi connectivity index (χ2v) is 9.72. The normalized spacial score (nSPS) is 17.8. The van der Waals surface area contributed by atoms with Crippen LogP contribution >= 0.6 is 11.3 Å². The second kappa shape index (κ2) is 10.2. The smallest absolute Gasteiger partial charge is 0.162 e. The highest BCUT2D eigenvalue weighted by molar-refractivity contribution is 7.19. The highest BCUT2D eigenvalue weighted by Crippen LogP contribution is 2.36. The van der Waals surface area contributed by atoms with Crippen LogP contribution in [-0.2, 0) is 11.3 Å². The zero-order valence-corrected chi connectivity index (χ0v) is 19.8. The number of fused-ring (bicyclic) bond motifs is 1. The van der Waals surface area contributed by atoms with Crippen LogP contribution in [-0.4, -0.2) is 61.3 Å². The van der Waals surface area contributed by atoms with E-state index < -0.39 is 0 Å². The van der Waals surface area contributed by atoms with Gasteiger partial charge >= 0.3 is 0 Å². The van der Waals surface area contributed by atoms with E-state index in [0.717, 1.165) is 54.3 Å². The SMILES string of the molecule is CN/C=C\c1ccc(F)cc1-c1nc(N2CCOCC2)c2sc(CN3CCCCC3)cc2n1. The first-order chi connectivity index (χ1) is 16.2. The van der Waals surface area contributed by atoms with Crippen molar-refractivity contribution in [3.63, 3.8) is 0 Å². The second-order valence-electron chi connectivity index (χ2n) is 8.59. The molecule has 2 aromatic heterocycles. The number of halogens is 1. The Morgan fingerprint density at radius 1 is 1.09 bits per heavy atom. The lowest BCUT2D eigenvalue weighted by Gasteiger charge is -2.28. The van der Waals surface area contributed by atoms with E-state index in [2.05, 4.69) is 21.2 Å². The van der Waals surface area contributed by atoms with Crippen LogP contribution in [0.3, 0.4) is 0 Å². The standard InChI is InChI=1S/C25H30FN5OS/c1-27-8-7-18-5-6-19(26)15-21(18)24-28-22-16-20(17-30-9-3-2-4-10-30)33-23(22)25(29-24)31-11-13-32-14-12-31/h5-8,15-16,27H,2-4,9-14,17H2,1H3/b8-7-. The van der Waals surface area contributed by atoms with Crippen molar-refractivity contribution in [3.05, 3.63) is 46.7 Å². The Morgan fingerprint density at radius 3 is 2.70 bits per heavy atom. The molecule has 1 aromatic carbocycles. The van der Waals surface area contributed by atoms with Crippen LogP contribution in [0, 0.1) is 5.82 Å². The lowest BCUT2D eigenvalue weighted by Crippen LogP contribution is -2.36. The molecular formula is C25H30FN5OS. The van der Waals surface area contributed by atoms with Gasteiger partial charge in [-0.25, -0.2) is 14.4 Å². The van der Waals surface area contributed by atoms with Gasteiger partial charge < -0.3 is 15.0 Å². The molecule has 2 aliphatic rings. The Labute approximate surface area is 198 Å². The molecule has 174 valence electrons. The van der Waals surface area contributed by atoms with Crippen molar-refractivity contribution in [1.82, 2.24) is 20.2 Å². The molecule has 0 amide bonds. The minimum absolute atomic E-state index is 0.292. The Balaban J connectivity index is 1.59. The van der Waals surface area contributed by atoms with Gasteiger partial charge in [0.1, 0.15) is 5.82 Å². The predicted molar refractivity (Wildman–Crippen MR) is 133 cm³/mol. The molecule has 0 aliphatic carbocycles. The quantitative estimate of drug-likeness (QED) is 0.576. The molecule has 0 atom stereocenters. The van der Waals surface area contributed by atoms with E-state index in [1.54, 1.807) is 17.4 Å². The summed E-state index contributed by atoms with van der Waals surface area (Å²) < 4.78 is 20.9. The number of anilines is 1. The molecule has 2 saturated heterocycles. The maximum atomic E-state index is 14.3. The fourth-order valence-electron chi connectivity index (χ4n) is 4.53. The number of rotatable bonds is 6. The molecule has 1 N–H and O–H groups in total. The van der Waals surface area contributed by atoms with E-state index in [9.17, 15) is 4.39 Å². The number of piperidine rings is 1. The van der Waals surface area contributed by atoms with E-state index in [1.165, 1.54) is 36.3 Å². The molecule has 6 nitrogen and oxygen atoms in total. The lowest BCUT2D eigenvalue weighted by molar-refractivity contribution is 0.122. The number of ether oxygens (including phenoxy) is 1. The van der Waals surface area contributed by atoms with Gasteiger partial charge in [-0.05, 0) is 62.0 Å². The van der Waals surface area contributed by atoms with Gasteiger partial charge in [-0.1, -0.05) is 12.5 Å². The molecule has 0 bridgehead atoms. The van der Waals surface area contributed by atoms with Crippen molar-refractivity contribution in [2.75, 3.05) is 51.3 Å². The molecule has 3 aromatic rings. The molecule has 2 fully saturated rings. The fraction of sp³-hybridized carbons (Fsp3) is 0.440. The summed E-state index contributed by atoms with van der Waals surface area (Å²) in [6.45, 7) is 6.22. The van der Waals surface area contributed by atoms with Gasteiger partial charge in [0.2, 0.25) is 0 Å². The Hall–Kier alpha value is -2.55. The Morgan fingerprint density at radius 2 is 1.91 bits per heavy atom. The van der Waals surface area contributed by atoms with Crippen LogP contribution < -0.4 is 10.2 Å². The highest BCUT2D eigenvalue weighted by atomic mass is 32.1. The summed E-state index contributed by atoms with van der Waals surface area (Å²) in [5.41, 5.74) is 2.51. The van der Waals surface area contributed by atoms with Crippen molar-refractivity contribution in [1.29, 1.82) is 0 Å². The maximum absolute atomic E-state index is 14.3. The first-order valence-electron chi connectivity index (χ1n) is 11.7. The number of hydrogen-bond acceptors (Lipinski definition) is 7. The largest absolute Gasteiger partial charge is 0.394 e. The zero-order chi connectivity index (χ0) is 22.6. The van der Waals surface area contributed by atoms with E-state index >= 15 is 0 Å². The summed E-state index contributed by atoms with van der Waals surface area (Å²) >= 11 is 1.79. The third-order valence-corrected chi connectivity index (χ3v) is 7.33. The van der Waals surface area contributed by atoms with Gasteiger partial charge in [-0.15, -0.1) is 11.3 Å². The van der Waals surface area contributed by atoms with Crippen LogP contribution in [0.15, 0.2) is 30.5 Å². The van der Waals surface area contributed by atoms with Gasteiger partial charge in [0.15, 0.2) is 11.6 Å². The van der Waals surface area contributed by atoms with Crippen LogP contribution in [0.25, 0.3) is 27.7 Å². The molecule has 5 rings (SSSR count). The Bertz CT molecular complexity index is 1140. The monoisotopic (exact) mass is 467 g/mol. The van der Waals surface area contributed by atoms with E-state index in [-0.39, 0.29) is 5.82 Å². The Kier molecular flexibility index (Phi) is 6.85. The molecule has 4 heterocycles. The number of aromatic nitrogens is 2. The third kappa shape index (κ3) is 5.03. The molecule has 2 aliphatic heterocycles. The summed E-state index contributed by atoms with van der Waals surface area (Å²) in [7, 11) is 1.84. The van der Waals surface area contributed by atoms with E-state index in [0.29, 0.717) is 24.6 Å². The number of morpholine rings is 1. The first kappa shape index (κ1) is 22.3. The number of nitrogens with zero attached hydrogens (tertiary/aromatic N) is 4. The van der Waals surface area contributed by atoms with Crippen LogP contribution in [0.1, 0.15) is 29.7 Å². The number of benzene rings is 1. The van der Waals surface area contributed by atoms with Crippen LogP contribution in [0.5, 0.6) is 0 Å². The third-order valence-electron chi connectivity index (χ3n) is 6.23. The average Bonchev–Trinajstić information content (AvgIpc) is 3.26. The number of hydrogen-bond donors (Lipinski definition) is 1. The minimum Gasteiger partial charge on any atom is -0.394 e. The van der Waals surface area contributed by atoms with Crippen LogP contribution in [0.4, 0.5) is 10.2 Å². The summed E-state index contributed by atoms with van der Waals surface area (Å²) in [4.78, 5) is 16.0. The predicted octanol–water partition coefficient (Wildman–Crippen LogP) is 4.51. The van der Waals surface area contributed by atoms with Crippen molar-refractivity contribution in [3.8, 4) is 11.4 Å². The topological polar surface area (TPSA) is 53.5 Å². The van der Waals surface area contributed by atoms with Gasteiger partial charge in [0.25, 0.3) is 0 Å². The molecule has 0 spiro atoms. The molecule has 8 heteroatoms. The van der Waals surface area contributed by atoms with Gasteiger partial charge in [-0.3, -0.25) is 4.90 Å². The van der Waals surface area contributed by atoms with Crippen molar-refractivity contribution >= 4 is 33.4 Å². The van der Waals surface area contributed by atoms with E-state index in [1.807, 2.05) is 19.3 Å². The number of likely N-dealkylation sites (tertiary alicyclic amines) is 1. The average molecular weight is 468 g/mol. The van der Waals surface area contributed by atoms with E-state index in [4.69, 9.17) is 14.7 Å². The number of nitrogens with one attached hydrogen (secondary N) is 1. The van der Waals surface area contributed by atoms with Crippen molar-refractivity contribution in [2.24, 2.45) is 0 Å². The maximum Gasteiger partial charge on any atom is 0.162 e. The molecular weight excluding hydrogens is 437 g/mol. The molecule has 0 saturated carbocycles. The number of thiophene rings is 1. The lowest BCUT2D eigenvalue weighted by atomic mass is 10.1. The van der Waals surface area contributed by atoms with Crippen molar-refractivity contribution in [2.45, 2.75) is 25.8 Å².